The number of carbonyl (C=O) groups excluding carboxylic acids is 1. The third kappa shape index (κ3) is 2.68. The molecule has 1 aliphatic rings. The first-order valence-electron chi connectivity index (χ1n) is 7.23. The van der Waals surface area contributed by atoms with Crippen LogP contribution in [0, 0.1) is 27.7 Å². The molecule has 1 aromatic rings. The van der Waals surface area contributed by atoms with Gasteiger partial charge in [-0.05, 0) is 62.8 Å². The van der Waals surface area contributed by atoms with Crippen LogP contribution in [-0.2, 0) is 4.79 Å². The standard InChI is InChI=1S/C17H25NO/c1-11-10-12(2)14(4)17(13(11)3)18(5)15-6-8-16(19)9-7-15/h10,15H,6-9H2,1-5H3. The molecule has 2 heteroatoms. The molecule has 1 aliphatic carbocycles. The topological polar surface area (TPSA) is 20.3 Å². The zero-order valence-electron chi connectivity index (χ0n) is 12.8. The van der Waals surface area contributed by atoms with Crippen molar-refractivity contribution in [3.05, 3.63) is 28.3 Å². The largest absolute Gasteiger partial charge is 0.371 e. The van der Waals surface area contributed by atoms with E-state index in [2.05, 4.69) is 45.7 Å². The van der Waals surface area contributed by atoms with Gasteiger partial charge in [-0.2, -0.15) is 0 Å². The summed E-state index contributed by atoms with van der Waals surface area (Å²) in [5.41, 5.74) is 6.84. The Bertz CT molecular complexity index is 468. The van der Waals surface area contributed by atoms with E-state index < -0.39 is 0 Å². The second kappa shape index (κ2) is 5.36. The molecule has 0 spiro atoms. The first-order valence-corrected chi connectivity index (χ1v) is 7.23. The van der Waals surface area contributed by atoms with Crippen molar-refractivity contribution in [2.24, 2.45) is 0 Å². The van der Waals surface area contributed by atoms with Gasteiger partial charge in [0.05, 0.1) is 0 Å². The van der Waals surface area contributed by atoms with Gasteiger partial charge in [0, 0.05) is 31.6 Å². The fourth-order valence-electron chi connectivity index (χ4n) is 3.22. The highest BCUT2D eigenvalue weighted by molar-refractivity contribution is 5.79. The minimum atomic E-state index is 0.429. The fraction of sp³-hybridized carbons (Fsp3) is 0.588. The van der Waals surface area contributed by atoms with Gasteiger partial charge in [-0.3, -0.25) is 4.79 Å². The van der Waals surface area contributed by atoms with E-state index in [0.717, 1.165) is 25.7 Å². The number of nitrogens with zero attached hydrogens (tertiary/aromatic N) is 1. The van der Waals surface area contributed by atoms with Crippen molar-refractivity contribution >= 4 is 11.5 Å². The SMILES string of the molecule is Cc1cc(C)c(C)c(N(C)C2CCC(=O)CC2)c1C. The van der Waals surface area contributed by atoms with Crippen LogP contribution >= 0.6 is 0 Å². The smallest absolute Gasteiger partial charge is 0.133 e. The van der Waals surface area contributed by atoms with Gasteiger partial charge in [0.25, 0.3) is 0 Å². The summed E-state index contributed by atoms with van der Waals surface area (Å²) in [5, 5.41) is 0. The number of hydrogen-bond acceptors (Lipinski definition) is 2. The van der Waals surface area contributed by atoms with Crippen molar-refractivity contribution in [2.75, 3.05) is 11.9 Å². The molecule has 2 rings (SSSR count). The van der Waals surface area contributed by atoms with Crippen LogP contribution in [-0.4, -0.2) is 18.9 Å². The average Bonchev–Trinajstić information content (AvgIpc) is 2.37. The van der Waals surface area contributed by atoms with E-state index in [9.17, 15) is 4.79 Å². The highest BCUT2D eigenvalue weighted by atomic mass is 16.1. The Hall–Kier alpha value is -1.31. The van der Waals surface area contributed by atoms with Crippen LogP contribution in [0.1, 0.15) is 47.9 Å². The number of rotatable bonds is 2. The summed E-state index contributed by atoms with van der Waals surface area (Å²) >= 11 is 0. The van der Waals surface area contributed by atoms with Crippen molar-refractivity contribution in [1.29, 1.82) is 0 Å². The molecule has 1 aromatic carbocycles. The average molecular weight is 259 g/mol. The second-order valence-corrected chi connectivity index (χ2v) is 5.99. The Labute approximate surface area is 116 Å². The second-order valence-electron chi connectivity index (χ2n) is 5.99. The number of anilines is 1. The summed E-state index contributed by atoms with van der Waals surface area (Å²) in [6, 6.07) is 2.78. The Morgan fingerprint density at radius 2 is 1.47 bits per heavy atom. The summed E-state index contributed by atoms with van der Waals surface area (Å²) in [6.45, 7) is 8.79. The maximum atomic E-state index is 11.4. The van der Waals surface area contributed by atoms with Gasteiger partial charge in [-0.25, -0.2) is 0 Å². The Balaban J connectivity index is 2.33. The third-order valence-electron chi connectivity index (χ3n) is 4.74. The molecule has 0 radical (unpaired) electrons. The van der Waals surface area contributed by atoms with E-state index in [1.165, 1.54) is 27.9 Å². The van der Waals surface area contributed by atoms with Gasteiger partial charge >= 0.3 is 0 Å². The molecule has 1 saturated carbocycles. The van der Waals surface area contributed by atoms with Gasteiger partial charge in [0.15, 0.2) is 0 Å². The molecule has 0 bridgehead atoms. The number of carbonyl (C=O) groups is 1. The molecule has 1 fully saturated rings. The predicted molar refractivity (Wildman–Crippen MR) is 81.1 cm³/mol. The minimum Gasteiger partial charge on any atom is -0.371 e. The van der Waals surface area contributed by atoms with Crippen molar-refractivity contribution in [2.45, 2.75) is 59.4 Å². The summed E-state index contributed by atoms with van der Waals surface area (Å²) in [7, 11) is 2.19. The lowest BCUT2D eigenvalue weighted by molar-refractivity contribution is -0.120. The van der Waals surface area contributed by atoms with Gasteiger partial charge in [-0.15, -0.1) is 0 Å². The monoisotopic (exact) mass is 259 g/mol. The molecule has 0 aliphatic heterocycles. The Morgan fingerprint density at radius 1 is 1.00 bits per heavy atom. The lowest BCUT2D eigenvalue weighted by Gasteiger charge is -2.35. The summed E-state index contributed by atoms with van der Waals surface area (Å²) < 4.78 is 0. The molecule has 0 saturated heterocycles. The Morgan fingerprint density at radius 3 is 1.95 bits per heavy atom. The zero-order valence-corrected chi connectivity index (χ0v) is 12.8. The molecule has 0 amide bonds. The molecule has 0 atom stereocenters. The van der Waals surface area contributed by atoms with Crippen LogP contribution in [0.2, 0.25) is 0 Å². The maximum Gasteiger partial charge on any atom is 0.133 e. The van der Waals surface area contributed by atoms with E-state index in [4.69, 9.17) is 0 Å². The Kier molecular flexibility index (Phi) is 3.98. The van der Waals surface area contributed by atoms with E-state index in [1.807, 2.05) is 0 Å². The highest BCUT2D eigenvalue weighted by Gasteiger charge is 2.24. The van der Waals surface area contributed by atoms with Gasteiger partial charge in [-0.1, -0.05) is 6.07 Å². The van der Waals surface area contributed by atoms with E-state index in [1.54, 1.807) is 0 Å². The quantitative estimate of drug-likeness (QED) is 0.803. The molecule has 2 nitrogen and oxygen atoms in total. The van der Waals surface area contributed by atoms with Gasteiger partial charge in [0.1, 0.15) is 5.78 Å². The number of ketones is 1. The summed E-state index contributed by atoms with van der Waals surface area (Å²) in [5.74, 6) is 0.429. The third-order valence-corrected chi connectivity index (χ3v) is 4.74. The minimum absolute atomic E-state index is 0.429. The number of hydrogen-bond donors (Lipinski definition) is 0. The van der Waals surface area contributed by atoms with Crippen molar-refractivity contribution in [1.82, 2.24) is 0 Å². The molecular weight excluding hydrogens is 234 g/mol. The first-order chi connectivity index (χ1) is 8.91. The van der Waals surface area contributed by atoms with Crippen molar-refractivity contribution in [3.8, 4) is 0 Å². The van der Waals surface area contributed by atoms with Crippen LogP contribution in [0.4, 0.5) is 5.69 Å². The van der Waals surface area contributed by atoms with Crippen molar-refractivity contribution < 1.29 is 4.79 Å². The summed E-state index contributed by atoms with van der Waals surface area (Å²) in [4.78, 5) is 13.8. The zero-order chi connectivity index (χ0) is 14.2. The maximum absolute atomic E-state index is 11.4. The van der Waals surface area contributed by atoms with E-state index >= 15 is 0 Å². The first kappa shape index (κ1) is 14.1. The van der Waals surface area contributed by atoms with Crippen LogP contribution in [0.15, 0.2) is 6.07 Å². The molecule has 0 N–H and O–H groups in total. The van der Waals surface area contributed by atoms with Gasteiger partial charge in [0.2, 0.25) is 0 Å². The van der Waals surface area contributed by atoms with Crippen LogP contribution in [0.5, 0.6) is 0 Å². The van der Waals surface area contributed by atoms with Crippen LogP contribution in [0.25, 0.3) is 0 Å². The molecule has 104 valence electrons. The van der Waals surface area contributed by atoms with E-state index in [0.29, 0.717) is 11.8 Å². The number of aryl methyl sites for hydroxylation is 2. The van der Waals surface area contributed by atoms with Crippen LogP contribution in [0.3, 0.4) is 0 Å². The van der Waals surface area contributed by atoms with E-state index in [-0.39, 0.29) is 0 Å². The van der Waals surface area contributed by atoms with Gasteiger partial charge < -0.3 is 4.90 Å². The molecule has 0 aromatic heterocycles. The van der Waals surface area contributed by atoms with Crippen molar-refractivity contribution in [3.63, 3.8) is 0 Å². The predicted octanol–water partition coefficient (Wildman–Crippen LogP) is 3.87. The molecule has 0 heterocycles. The normalized spacial score (nSPS) is 16.8. The molecule has 0 unspecified atom stereocenters. The summed E-state index contributed by atoms with van der Waals surface area (Å²) in [6.07, 6.45) is 3.50. The van der Waals surface area contributed by atoms with Crippen LogP contribution < -0.4 is 4.90 Å². The highest BCUT2D eigenvalue weighted by Crippen LogP contribution is 2.33. The number of benzene rings is 1. The molecule has 19 heavy (non-hydrogen) atoms. The lowest BCUT2D eigenvalue weighted by atomic mass is 9.91. The number of Topliss-reactive ketones (excluding diaryl/α,β-unsaturated/α-hetero) is 1. The fourth-order valence-corrected chi connectivity index (χ4v) is 3.22. The molecular formula is C17H25NO. The lowest BCUT2D eigenvalue weighted by Crippen LogP contribution is -2.36.